The second-order valence-corrected chi connectivity index (χ2v) is 6.13. The number of benzene rings is 2. The number of ether oxygens (including phenoxy) is 2. The number of hydrogen-bond acceptors (Lipinski definition) is 4. The number of alkyl halides is 3. The summed E-state index contributed by atoms with van der Waals surface area (Å²) in [6.07, 6.45) is 0. The summed E-state index contributed by atoms with van der Waals surface area (Å²) in [5.41, 5.74) is -3.42. The van der Waals surface area contributed by atoms with E-state index in [-0.39, 0.29) is 22.2 Å². The average molecular weight is 371 g/mol. The van der Waals surface area contributed by atoms with E-state index in [0.717, 1.165) is 0 Å². The third-order valence-electron chi connectivity index (χ3n) is 3.34. The van der Waals surface area contributed by atoms with Crippen molar-refractivity contribution < 1.29 is 27.4 Å². The molecule has 0 bridgehead atoms. The summed E-state index contributed by atoms with van der Waals surface area (Å²) in [5.74, 6) is 0.259. The highest BCUT2D eigenvalue weighted by atomic mass is 32.2. The summed E-state index contributed by atoms with van der Waals surface area (Å²) >= 11 is -0.321. The molecule has 0 saturated carbocycles. The monoisotopic (exact) mass is 371 g/mol. The lowest BCUT2D eigenvalue weighted by atomic mass is 10.1. The Morgan fingerprint density at radius 3 is 2.28 bits per heavy atom. The van der Waals surface area contributed by atoms with Gasteiger partial charge in [0.05, 0.1) is 19.8 Å². The minimum Gasteiger partial charge on any atom is -0.493 e. The van der Waals surface area contributed by atoms with Crippen molar-refractivity contribution >= 4 is 23.4 Å². The van der Waals surface area contributed by atoms with Gasteiger partial charge in [0.1, 0.15) is 0 Å². The first-order valence-corrected chi connectivity index (χ1v) is 7.95. The van der Waals surface area contributed by atoms with Crippen LogP contribution in [0.4, 0.5) is 18.9 Å². The van der Waals surface area contributed by atoms with E-state index in [9.17, 15) is 18.0 Å². The number of methoxy groups -OCH3 is 2. The fraction of sp³-hybridized carbons (Fsp3) is 0.235. The van der Waals surface area contributed by atoms with Crippen molar-refractivity contribution in [3.05, 3.63) is 47.5 Å². The van der Waals surface area contributed by atoms with E-state index in [1.807, 2.05) is 0 Å². The van der Waals surface area contributed by atoms with Crippen LogP contribution in [0.1, 0.15) is 15.9 Å². The fourth-order valence-electron chi connectivity index (χ4n) is 2.17. The molecule has 1 amide bonds. The molecule has 2 aromatic rings. The zero-order valence-electron chi connectivity index (χ0n) is 13.7. The molecule has 0 aliphatic carbocycles. The number of carbonyl (C=O) groups is 1. The molecule has 0 aliphatic heterocycles. The maximum atomic E-state index is 12.7. The maximum Gasteiger partial charge on any atom is 0.446 e. The summed E-state index contributed by atoms with van der Waals surface area (Å²) < 4.78 is 48.3. The Morgan fingerprint density at radius 2 is 1.68 bits per heavy atom. The Bertz CT molecular complexity index is 778. The predicted octanol–water partition coefficient (Wildman–Crippen LogP) is 4.88. The molecule has 0 aliphatic rings. The van der Waals surface area contributed by atoms with Crippen LogP contribution in [-0.4, -0.2) is 25.6 Å². The van der Waals surface area contributed by atoms with E-state index in [1.165, 1.54) is 38.5 Å². The van der Waals surface area contributed by atoms with Crippen LogP contribution in [-0.2, 0) is 0 Å². The number of halogens is 3. The third kappa shape index (κ3) is 4.82. The first-order chi connectivity index (χ1) is 11.7. The van der Waals surface area contributed by atoms with Gasteiger partial charge in [0.25, 0.3) is 5.91 Å². The Balaban J connectivity index is 2.32. The molecule has 4 nitrogen and oxygen atoms in total. The van der Waals surface area contributed by atoms with Crippen molar-refractivity contribution in [2.24, 2.45) is 0 Å². The first-order valence-electron chi connectivity index (χ1n) is 7.14. The summed E-state index contributed by atoms with van der Waals surface area (Å²) in [6, 6.07) is 8.80. The molecule has 2 aromatic carbocycles. The smallest absolute Gasteiger partial charge is 0.446 e. The zero-order chi connectivity index (χ0) is 18.6. The fourth-order valence-corrected chi connectivity index (χ4v) is 2.84. The number of rotatable bonds is 5. The van der Waals surface area contributed by atoms with Crippen LogP contribution in [0.5, 0.6) is 11.5 Å². The van der Waals surface area contributed by atoms with Crippen LogP contribution in [0, 0.1) is 6.92 Å². The van der Waals surface area contributed by atoms with Crippen LogP contribution < -0.4 is 14.8 Å². The molecule has 0 heterocycles. The minimum absolute atomic E-state index is 0.0565. The third-order valence-corrected chi connectivity index (χ3v) is 4.14. The topological polar surface area (TPSA) is 47.6 Å². The normalized spacial score (nSPS) is 11.1. The van der Waals surface area contributed by atoms with Crippen LogP contribution in [0.3, 0.4) is 0 Å². The highest BCUT2D eigenvalue weighted by Crippen LogP contribution is 2.39. The van der Waals surface area contributed by atoms with Gasteiger partial charge in [-0.1, -0.05) is 12.1 Å². The molecule has 0 aromatic heterocycles. The number of amides is 1. The molecule has 25 heavy (non-hydrogen) atoms. The van der Waals surface area contributed by atoms with Gasteiger partial charge in [0, 0.05) is 16.6 Å². The lowest BCUT2D eigenvalue weighted by Crippen LogP contribution is -2.15. The number of nitrogens with one attached hydrogen (secondary N) is 1. The second kappa shape index (κ2) is 7.69. The van der Waals surface area contributed by atoms with E-state index in [2.05, 4.69) is 5.32 Å². The first kappa shape index (κ1) is 19.0. The van der Waals surface area contributed by atoms with Crippen LogP contribution in [0.15, 0.2) is 41.3 Å². The van der Waals surface area contributed by atoms with E-state index in [4.69, 9.17) is 9.47 Å². The van der Waals surface area contributed by atoms with Crippen molar-refractivity contribution in [1.29, 1.82) is 0 Å². The van der Waals surface area contributed by atoms with Crippen molar-refractivity contribution in [3.63, 3.8) is 0 Å². The molecule has 2 rings (SSSR count). The highest BCUT2D eigenvalue weighted by Gasteiger charge is 2.31. The molecule has 134 valence electrons. The predicted molar refractivity (Wildman–Crippen MR) is 90.6 cm³/mol. The minimum atomic E-state index is -4.48. The number of carbonyl (C=O) groups excluding carboxylic acids is 1. The van der Waals surface area contributed by atoms with E-state index >= 15 is 0 Å². The van der Waals surface area contributed by atoms with Crippen LogP contribution in [0.25, 0.3) is 0 Å². The lowest BCUT2D eigenvalue weighted by molar-refractivity contribution is -0.0328. The van der Waals surface area contributed by atoms with Gasteiger partial charge in [-0.2, -0.15) is 13.2 Å². The van der Waals surface area contributed by atoms with Gasteiger partial charge < -0.3 is 14.8 Å². The SMILES string of the molecule is COc1cc(C)c(NC(=O)c2ccccc2SC(F)(F)F)cc1OC. The highest BCUT2D eigenvalue weighted by molar-refractivity contribution is 8.00. The Hall–Kier alpha value is -2.35. The van der Waals surface area contributed by atoms with Crippen molar-refractivity contribution in [2.75, 3.05) is 19.5 Å². The van der Waals surface area contributed by atoms with Gasteiger partial charge in [-0.05, 0) is 42.4 Å². The summed E-state index contributed by atoms with van der Waals surface area (Å²) in [6.45, 7) is 1.74. The number of aryl methyl sites for hydroxylation is 1. The summed E-state index contributed by atoms with van der Waals surface area (Å²) in [7, 11) is 2.94. The van der Waals surface area contributed by atoms with Crippen molar-refractivity contribution in [2.45, 2.75) is 17.3 Å². The van der Waals surface area contributed by atoms with Crippen LogP contribution >= 0.6 is 11.8 Å². The van der Waals surface area contributed by atoms with E-state index < -0.39 is 11.4 Å². The average Bonchev–Trinajstić information content (AvgIpc) is 2.55. The van der Waals surface area contributed by atoms with E-state index in [0.29, 0.717) is 22.7 Å². The number of hydrogen-bond donors (Lipinski definition) is 1. The molecule has 8 heteroatoms. The standard InChI is InChI=1S/C17H16F3NO3S/c1-10-8-13(23-2)14(24-3)9-12(10)21-16(22)11-6-4-5-7-15(11)25-17(18,19)20/h4-9H,1-3H3,(H,21,22). The molecule has 0 radical (unpaired) electrons. The van der Waals surface area contributed by atoms with Gasteiger partial charge in [0.2, 0.25) is 0 Å². The van der Waals surface area contributed by atoms with Crippen molar-refractivity contribution in [3.8, 4) is 11.5 Å². The molecular weight excluding hydrogens is 355 g/mol. The van der Waals surface area contributed by atoms with Gasteiger partial charge in [-0.15, -0.1) is 0 Å². The molecule has 0 saturated heterocycles. The number of thioether (sulfide) groups is 1. The summed E-state index contributed by atoms with van der Waals surface area (Å²) in [5, 5.41) is 2.62. The zero-order valence-corrected chi connectivity index (χ0v) is 14.5. The van der Waals surface area contributed by atoms with Gasteiger partial charge in [0.15, 0.2) is 11.5 Å². The molecule has 0 atom stereocenters. The molecule has 0 spiro atoms. The molecular formula is C17H16F3NO3S. The van der Waals surface area contributed by atoms with Crippen LogP contribution in [0.2, 0.25) is 0 Å². The molecule has 0 unspecified atom stereocenters. The Morgan fingerprint density at radius 1 is 1.08 bits per heavy atom. The molecule has 0 fully saturated rings. The second-order valence-electron chi connectivity index (χ2n) is 5.02. The Kier molecular flexibility index (Phi) is 5.84. The number of anilines is 1. The summed E-state index contributed by atoms with van der Waals surface area (Å²) in [4.78, 5) is 12.3. The largest absolute Gasteiger partial charge is 0.493 e. The lowest BCUT2D eigenvalue weighted by Gasteiger charge is -2.15. The van der Waals surface area contributed by atoms with E-state index in [1.54, 1.807) is 19.1 Å². The quantitative estimate of drug-likeness (QED) is 0.762. The maximum absolute atomic E-state index is 12.7. The van der Waals surface area contributed by atoms with Gasteiger partial charge in [-0.25, -0.2) is 0 Å². The van der Waals surface area contributed by atoms with Gasteiger partial charge in [-0.3, -0.25) is 4.79 Å². The van der Waals surface area contributed by atoms with Gasteiger partial charge >= 0.3 is 5.51 Å². The molecule has 1 N–H and O–H groups in total. The van der Waals surface area contributed by atoms with Crippen molar-refractivity contribution in [1.82, 2.24) is 0 Å². The Labute approximate surface area is 147 Å².